The number of carbonyl (C=O) groups is 1. The van der Waals surface area contributed by atoms with E-state index < -0.39 is 22.1 Å². The van der Waals surface area contributed by atoms with E-state index in [9.17, 15) is 13.2 Å². The maximum atomic E-state index is 12.2. The zero-order valence-corrected chi connectivity index (χ0v) is 15.1. The normalized spacial score (nSPS) is 12.9. The van der Waals surface area contributed by atoms with Gasteiger partial charge in [-0.25, -0.2) is 17.5 Å². The van der Waals surface area contributed by atoms with E-state index >= 15 is 0 Å². The second-order valence-electron chi connectivity index (χ2n) is 5.38. The van der Waals surface area contributed by atoms with Crippen LogP contribution in [0.1, 0.15) is 28.9 Å². The number of benzene rings is 2. The Morgan fingerprint density at radius 3 is 2.21 bits per heavy atom. The van der Waals surface area contributed by atoms with Crippen LogP contribution in [0, 0.1) is 0 Å². The molecule has 0 bridgehead atoms. The van der Waals surface area contributed by atoms with Crippen molar-refractivity contribution in [2.75, 3.05) is 14.1 Å². The van der Waals surface area contributed by atoms with Crippen LogP contribution in [0.3, 0.4) is 0 Å². The molecule has 0 aliphatic carbocycles. The molecular formula is C17H18ClNO4S. The molecule has 0 spiro atoms. The van der Waals surface area contributed by atoms with Gasteiger partial charge in [0, 0.05) is 24.7 Å². The van der Waals surface area contributed by atoms with Crippen molar-refractivity contribution in [1.82, 2.24) is 4.31 Å². The first-order valence-corrected chi connectivity index (χ1v) is 9.03. The van der Waals surface area contributed by atoms with E-state index in [1.165, 1.54) is 38.4 Å². The van der Waals surface area contributed by atoms with Crippen LogP contribution in [0.15, 0.2) is 53.4 Å². The van der Waals surface area contributed by atoms with E-state index in [1.54, 1.807) is 25.1 Å². The molecule has 0 aliphatic heterocycles. The summed E-state index contributed by atoms with van der Waals surface area (Å²) in [5.41, 5.74) is 0.978. The van der Waals surface area contributed by atoms with Crippen molar-refractivity contribution in [2.24, 2.45) is 0 Å². The number of hydrogen-bond donors (Lipinski definition) is 0. The van der Waals surface area contributed by atoms with Gasteiger partial charge in [0.05, 0.1) is 10.5 Å². The van der Waals surface area contributed by atoms with Gasteiger partial charge in [-0.3, -0.25) is 0 Å². The number of hydrogen-bond acceptors (Lipinski definition) is 4. The number of rotatable bonds is 5. The van der Waals surface area contributed by atoms with Crippen molar-refractivity contribution in [2.45, 2.75) is 17.9 Å². The van der Waals surface area contributed by atoms with Gasteiger partial charge in [-0.05, 0) is 37.3 Å². The summed E-state index contributed by atoms with van der Waals surface area (Å²) in [5, 5.41) is 0.519. The van der Waals surface area contributed by atoms with Crippen LogP contribution in [-0.2, 0) is 14.8 Å². The number of halogens is 1. The molecule has 0 amide bonds. The largest absolute Gasteiger partial charge is 0.454 e. The van der Waals surface area contributed by atoms with Crippen molar-refractivity contribution in [3.05, 3.63) is 64.7 Å². The van der Waals surface area contributed by atoms with Crippen LogP contribution >= 0.6 is 11.6 Å². The fourth-order valence-electron chi connectivity index (χ4n) is 2.07. The Balaban J connectivity index is 2.15. The summed E-state index contributed by atoms with van der Waals surface area (Å²) in [7, 11) is -0.633. The molecule has 24 heavy (non-hydrogen) atoms. The molecule has 0 heterocycles. The Bertz CT molecular complexity index is 832. The Hall–Kier alpha value is -1.89. The number of ether oxygens (including phenoxy) is 1. The molecule has 128 valence electrons. The Labute approximate surface area is 146 Å². The molecule has 0 saturated heterocycles. The van der Waals surface area contributed by atoms with Gasteiger partial charge in [0.2, 0.25) is 10.0 Å². The van der Waals surface area contributed by atoms with E-state index in [2.05, 4.69) is 0 Å². The summed E-state index contributed by atoms with van der Waals surface area (Å²) in [6.07, 6.45) is -0.517. The molecule has 0 fully saturated rings. The molecule has 0 N–H and O–H groups in total. The number of sulfonamides is 1. The van der Waals surface area contributed by atoms with Crippen LogP contribution in [0.4, 0.5) is 0 Å². The number of nitrogens with zero attached hydrogens (tertiary/aromatic N) is 1. The maximum absolute atomic E-state index is 12.2. The van der Waals surface area contributed by atoms with Gasteiger partial charge < -0.3 is 4.74 Å². The third-order valence-electron chi connectivity index (χ3n) is 3.50. The summed E-state index contributed by atoms with van der Waals surface area (Å²) in [6.45, 7) is 1.73. The van der Waals surface area contributed by atoms with Crippen LogP contribution in [0.25, 0.3) is 0 Å². The highest BCUT2D eigenvalue weighted by atomic mass is 35.5. The first kappa shape index (κ1) is 18.4. The van der Waals surface area contributed by atoms with Crippen LogP contribution in [0.2, 0.25) is 5.02 Å². The van der Waals surface area contributed by atoms with E-state index in [0.29, 0.717) is 10.6 Å². The van der Waals surface area contributed by atoms with Gasteiger partial charge in [-0.2, -0.15) is 0 Å². The van der Waals surface area contributed by atoms with E-state index in [0.717, 1.165) is 4.31 Å². The lowest BCUT2D eigenvalue weighted by Gasteiger charge is -2.15. The average molecular weight is 368 g/mol. The summed E-state index contributed by atoms with van der Waals surface area (Å²) in [6, 6.07) is 12.7. The lowest BCUT2D eigenvalue weighted by molar-refractivity contribution is 0.0338. The highest BCUT2D eigenvalue weighted by Gasteiger charge is 2.19. The number of carbonyl (C=O) groups excluding carboxylic acids is 1. The molecule has 2 aromatic rings. The second kappa shape index (κ2) is 7.34. The molecule has 0 aromatic heterocycles. The van der Waals surface area contributed by atoms with Gasteiger partial charge in [-0.15, -0.1) is 0 Å². The van der Waals surface area contributed by atoms with Crippen molar-refractivity contribution in [3.63, 3.8) is 0 Å². The maximum Gasteiger partial charge on any atom is 0.338 e. The predicted octanol–water partition coefficient (Wildman–Crippen LogP) is 3.51. The summed E-state index contributed by atoms with van der Waals surface area (Å²) in [5.74, 6) is -0.545. The van der Waals surface area contributed by atoms with E-state index in [-0.39, 0.29) is 10.5 Å². The molecule has 2 aromatic carbocycles. The standard InChI is InChI=1S/C17H18ClNO4S/c1-12(15-6-4-5-7-16(15)18)23-17(20)13-8-10-14(11-9-13)24(21,22)19(2)3/h4-12H,1-3H3/t12-/m1/s1. The van der Waals surface area contributed by atoms with Crippen molar-refractivity contribution >= 4 is 27.6 Å². The van der Waals surface area contributed by atoms with Crippen molar-refractivity contribution in [1.29, 1.82) is 0 Å². The number of esters is 1. The van der Waals surface area contributed by atoms with Gasteiger partial charge in [-0.1, -0.05) is 29.8 Å². The molecule has 2 rings (SSSR count). The molecule has 0 aliphatic rings. The monoisotopic (exact) mass is 367 g/mol. The fraction of sp³-hybridized carbons (Fsp3) is 0.235. The highest BCUT2D eigenvalue weighted by Crippen LogP contribution is 2.26. The minimum absolute atomic E-state index is 0.114. The van der Waals surface area contributed by atoms with E-state index in [1.807, 2.05) is 6.07 Å². The average Bonchev–Trinajstić information content (AvgIpc) is 2.55. The van der Waals surface area contributed by atoms with Crippen LogP contribution in [0.5, 0.6) is 0 Å². The lowest BCUT2D eigenvalue weighted by atomic mass is 10.1. The van der Waals surface area contributed by atoms with Gasteiger partial charge in [0.1, 0.15) is 6.10 Å². The van der Waals surface area contributed by atoms with Crippen LogP contribution < -0.4 is 0 Å². The quantitative estimate of drug-likeness (QED) is 0.758. The minimum Gasteiger partial charge on any atom is -0.454 e. The lowest BCUT2D eigenvalue weighted by Crippen LogP contribution is -2.22. The molecule has 0 unspecified atom stereocenters. The fourth-order valence-corrected chi connectivity index (χ4v) is 3.26. The van der Waals surface area contributed by atoms with Crippen LogP contribution in [-0.4, -0.2) is 32.8 Å². The zero-order chi connectivity index (χ0) is 17.9. The van der Waals surface area contributed by atoms with Crippen molar-refractivity contribution < 1.29 is 17.9 Å². The zero-order valence-electron chi connectivity index (χ0n) is 13.6. The van der Waals surface area contributed by atoms with Crippen molar-refractivity contribution in [3.8, 4) is 0 Å². The molecular weight excluding hydrogens is 350 g/mol. The highest BCUT2D eigenvalue weighted by molar-refractivity contribution is 7.89. The first-order valence-electron chi connectivity index (χ1n) is 7.21. The molecule has 7 heteroatoms. The second-order valence-corrected chi connectivity index (χ2v) is 7.94. The predicted molar refractivity (Wildman–Crippen MR) is 92.6 cm³/mol. The summed E-state index contributed by atoms with van der Waals surface area (Å²) < 4.78 is 30.5. The first-order chi connectivity index (χ1) is 11.2. The SMILES string of the molecule is C[C@@H](OC(=O)c1ccc(S(=O)(=O)N(C)C)cc1)c1ccccc1Cl. The Morgan fingerprint density at radius 2 is 1.67 bits per heavy atom. The smallest absolute Gasteiger partial charge is 0.338 e. The third kappa shape index (κ3) is 3.95. The Kier molecular flexibility index (Phi) is 5.64. The van der Waals surface area contributed by atoms with E-state index in [4.69, 9.17) is 16.3 Å². The van der Waals surface area contributed by atoms with Gasteiger partial charge >= 0.3 is 5.97 Å². The molecule has 0 saturated carbocycles. The topological polar surface area (TPSA) is 63.7 Å². The summed E-state index contributed by atoms with van der Waals surface area (Å²) in [4.78, 5) is 12.3. The minimum atomic E-state index is -3.53. The van der Waals surface area contributed by atoms with Gasteiger partial charge in [0.15, 0.2) is 0 Å². The Morgan fingerprint density at radius 1 is 1.08 bits per heavy atom. The third-order valence-corrected chi connectivity index (χ3v) is 5.67. The van der Waals surface area contributed by atoms with Gasteiger partial charge in [0.25, 0.3) is 0 Å². The molecule has 1 atom stereocenters. The summed E-state index contributed by atoms with van der Waals surface area (Å²) >= 11 is 6.09. The molecule has 5 nitrogen and oxygen atoms in total. The molecule has 0 radical (unpaired) electrons.